The number of carbonyl (C=O) groups is 1. The number of benzene rings is 1. The molecule has 1 aromatic carbocycles. The van der Waals surface area contributed by atoms with Gasteiger partial charge in [-0.1, -0.05) is 12.1 Å². The molecule has 1 aliphatic carbocycles. The first-order valence-electron chi connectivity index (χ1n) is 9.34. The summed E-state index contributed by atoms with van der Waals surface area (Å²) in [6.07, 6.45) is 5.15. The minimum atomic E-state index is -0.215. The number of hydrogen-bond donors (Lipinski definition) is 1. The lowest BCUT2D eigenvalue weighted by molar-refractivity contribution is 0.0931. The Bertz CT molecular complexity index is 756. The molecule has 1 aromatic heterocycles. The third-order valence-corrected chi connectivity index (χ3v) is 5.42. The second kappa shape index (κ2) is 7.40. The van der Waals surface area contributed by atoms with Crippen LogP contribution in [-0.2, 0) is 0 Å². The predicted molar refractivity (Wildman–Crippen MR) is 97.7 cm³/mol. The summed E-state index contributed by atoms with van der Waals surface area (Å²) < 4.78 is 13.1. The van der Waals surface area contributed by atoms with Crippen LogP contribution < -0.4 is 10.2 Å². The lowest BCUT2D eigenvalue weighted by Crippen LogP contribution is -2.33. The summed E-state index contributed by atoms with van der Waals surface area (Å²) in [4.78, 5) is 14.6. The van der Waals surface area contributed by atoms with Gasteiger partial charge in [0, 0.05) is 19.1 Å². The molecule has 1 N–H and O–H groups in total. The normalized spacial score (nSPS) is 22.6. The summed E-state index contributed by atoms with van der Waals surface area (Å²) in [5.74, 6) is 0.823. The van der Waals surface area contributed by atoms with Crippen LogP contribution in [0.5, 0.6) is 0 Å². The molecule has 4 rings (SSSR count). The number of amides is 1. The minimum Gasteiger partial charge on any atom is -0.355 e. The lowest BCUT2D eigenvalue weighted by Gasteiger charge is -2.16. The largest absolute Gasteiger partial charge is 0.355 e. The Balaban J connectivity index is 1.34. The van der Waals surface area contributed by atoms with Gasteiger partial charge in [-0.05, 0) is 67.9 Å². The zero-order valence-electron chi connectivity index (χ0n) is 14.7. The van der Waals surface area contributed by atoms with Crippen molar-refractivity contribution >= 4 is 11.7 Å². The molecule has 2 aromatic rings. The van der Waals surface area contributed by atoms with Gasteiger partial charge in [-0.15, -0.1) is 10.2 Å². The minimum absolute atomic E-state index is 0.123. The monoisotopic (exact) mass is 354 g/mol. The number of aromatic nitrogens is 2. The van der Waals surface area contributed by atoms with Crippen molar-refractivity contribution in [2.75, 3.05) is 18.0 Å². The van der Waals surface area contributed by atoms with E-state index in [1.165, 1.54) is 25.0 Å². The van der Waals surface area contributed by atoms with Crippen LogP contribution in [0.25, 0.3) is 0 Å². The van der Waals surface area contributed by atoms with Crippen LogP contribution in [0.15, 0.2) is 36.4 Å². The van der Waals surface area contributed by atoms with Crippen molar-refractivity contribution in [2.45, 2.75) is 44.1 Å². The fourth-order valence-electron chi connectivity index (χ4n) is 3.97. The lowest BCUT2D eigenvalue weighted by atomic mass is 9.97. The molecule has 26 heavy (non-hydrogen) atoms. The Hall–Kier alpha value is -2.50. The zero-order valence-corrected chi connectivity index (χ0v) is 14.7. The Labute approximate surface area is 152 Å². The smallest absolute Gasteiger partial charge is 0.272 e. The Morgan fingerprint density at radius 2 is 1.81 bits per heavy atom. The number of halogens is 1. The second-order valence-electron chi connectivity index (χ2n) is 7.20. The van der Waals surface area contributed by atoms with Crippen LogP contribution in [0, 0.1) is 5.82 Å². The van der Waals surface area contributed by atoms with Gasteiger partial charge in [-0.3, -0.25) is 4.79 Å². The van der Waals surface area contributed by atoms with E-state index in [1.54, 1.807) is 6.07 Å². The number of anilines is 1. The maximum absolute atomic E-state index is 13.1. The molecule has 1 aliphatic heterocycles. The van der Waals surface area contributed by atoms with Crippen molar-refractivity contribution in [2.24, 2.45) is 0 Å². The molecule has 1 saturated heterocycles. The van der Waals surface area contributed by atoms with E-state index in [9.17, 15) is 9.18 Å². The molecule has 2 atom stereocenters. The van der Waals surface area contributed by atoms with Gasteiger partial charge in [0.25, 0.3) is 5.91 Å². The third-order valence-electron chi connectivity index (χ3n) is 5.42. The van der Waals surface area contributed by atoms with E-state index in [4.69, 9.17) is 0 Å². The number of hydrogen-bond acceptors (Lipinski definition) is 4. The fraction of sp³-hybridized carbons (Fsp3) is 0.450. The molecule has 2 heterocycles. The molecule has 1 saturated carbocycles. The molecule has 6 heteroatoms. The molecule has 5 nitrogen and oxygen atoms in total. The molecule has 136 valence electrons. The van der Waals surface area contributed by atoms with E-state index in [2.05, 4.69) is 20.4 Å². The summed E-state index contributed by atoms with van der Waals surface area (Å²) >= 11 is 0. The van der Waals surface area contributed by atoms with Gasteiger partial charge in [0.2, 0.25) is 0 Å². The summed E-state index contributed by atoms with van der Waals surface area (Å²) in [7, 11) is 0. The summed E-state index contributed by atoms with van der Waals surface area (Å²) in [6.45, 7) is 2.01. The quantitative estimate of drug-likeness (QED) is 0.915. The van der Waals surface area contributed by atoms with E-state index in [1.807, 2.05) is 18.2 Å². The van der Waals surface area contributed by atoms with Crippen molar-refractivity contribution in [1.82, 2.24) is 15.5 Å². The highest BCUT2D eigenvalue weighted by Gasteiger charge is 2.27. The van der Waals surface area contributed by atoms with Gasteiger partial charge >= 0.3 is 0 Å². The summed E-state index contributed by atoms with van der Waals surface area (Å²) in [5, 5.41) is 11.4. The van der Waals surface area contributed by atoms with E-state index in [0.717, 1.165) is 43.7 Å². The zero-order chi connectivity index (χ0) is 17.9. The van der Waals surface area contributed by atoms with Gasteiger partial charge < -0.3 is 10.2 Å². The van der Waals surface area contributed by atoms with Crippen LogP contribution in [0.1, 0.15) is 54.1 Å². The second-order valence-corrected chi connectivity index (χ2v) is 7.20. The van der Waals surface area contributed by atoms with Gasteiger partial charge in [0.1, 0.15) is 5.82 Å². The van der Waals surface area contributed by atoms with Crippen LogP contribution in [0.3, 0.4) is 0 Å². The van der Waals surface area contributed by atoms with Crippen molar-refractivity contribution in [3.8, 4) is 0 Å². The number of rotatable bonds is 4. The van der Waals surface area contributed by atoms with E-state index < -0.39 is 0 Å². The maximum atomic E-state index is 13.1. The molecule has 0 spiro atoms. The average Bonchev–Trinajstić information content (AvgIpc) is 3.35. The SMILES string of the molecule is O=C(NC1CCC(c2ccc(F)cc2)C1)c1ccc(N2CCCC2)nn1. The Morgan fingerprint density at radius 1 is 1.04 bits per heavy atom. The van der Waals surface area contributed by atoms with Crippen LogP contribution >= 0.6 is 0 Å². The average molecular weight is 354 g/mol. The molecule has 2 aliphatic rings. The molecular weight excluding hydrogens is 331 g/mol. The first kappa shape index (κ1) is 16.9. The van der Waals surface area contributed by atoms with E-state index in [-0.39, 0.29) is 17.8 Å². The molecule has 2 fully saturated rings. The van der Waals surface area contributed by atoms with Gasteiger partial charge in [-0.2, -0.15) is 0 Å². The summed E-state index contributed by atoms with van der Waals surface area (Å²) in [6, 6.07) is 10.4. The van der Waals surface area contributed by atoms with Crippen LogP contribution in [-0.4, -0.2) is 35.2 Å². The molecule has 1 amide bonds. The Morgan fingerprint density at radius 3 is 2.50 bits per heavy atom. The highest BCUT2D eigenvalue weighted by atomic mass is 19.1. The summed E-state index contributed by atoms with van der Waals surface area (Å²) in [5.41, 5.74) is 1.50. The van der Waals surface area contributed by atoms with Crippen LogP contribution in [0.2, 0.25) is 0 Å². The maximum Gasteiger partial charge on any atom is 0.272 e. The Kier molecular flexibility index (Phi) is 4.82. The molecule has 0 bridgehead atoms. The van der Waals surface area contributed by atoms with Gasteiger partial charge in [0.05, 0.1) is 0 Å². The van der Waals surface area contributed by atoms with Crippen molar-refractivity contribution in [1.29, 1.82) is 0 Å². The molecule has 2 unspecified atom stereocenters. The molecule has 0 radical (unpaired) electrons. The van der Waals surface area contributed by atoms with Gasteiger partial charge in [0.15, 0.2) is 11.5 Å². The standard InChI is InChI=1S/C20H23FN4O/c21-16-6-3-14(4-7-16)15-5-8-17(13-15)22-20(26)18-9-10-19(24-23-18)25-11-1-2-12-25/h3-4,6-7,9-10,15,17H,1-2,5,8,11-13H2,(H,22,26). The third kappa shape index (κ3) is 3.69. The highest BCUT2D eigenvalue weighted by molar-refractivity contribution is 5.92. The van der Waals surface area contributed by atoms with Crippen molar-refractivity contribution in [3.05, 3.63) is 53.5 Å². The first-order chi connectivity index (χ1) is 12.7. The highest BCUT2D eigenvalue weighted by Crippen LogP contribution is 2.34. The number of nitrogens with zero attached hydrogens (tertiary/aromatic N) is 3. The number of carbonyl (C=O) groups excluding carboxylic acids is 1. The van der Waals surface area contributed by atoms with Gasteiger partial charge in [-0.25, -0.2) is 4.39 Å². The van der Waals surface area contributed by atoms with E-state index >= 15 is 0 Å². The molecular formula is C20H23FN4O. The predicted octanol–water partition coefficient (Wildman–Crippen LogP) is 3.28. The van der Waals surface area contributed by atoms with E-state index in [0.29, 0.717) is 11.6 Å². The van der Waals surface area contributed by atoms with Crippen molar-refractivity contribution in [3.63, 3.8) is 0 Å². The first-order valence-corrected chi connectivity index (χ1v) is 9.34. The van der Waals surface area contributed by atoms with Crippen molar-refractivity contribution < 1.29 is 9.18 Å². The topological polar surface area (TPSA) is 58.1 Å². The fourth-order valence-corrected chi connectivity index (χ4v) is 3.97. The number of nitrogens with one attached hydrogen (secondary N) is 1. The van der Waals surface area contributed by atoms with Crippen LogP contribution in [0.4, 0.5) is 10.2 Å².